The Morgan fingerprint density at radius 3 is 2.78 bits per heavy atom. The van der Waals surface area contributed by atoms with Crippen molar-refractivity contribution in [3.05, 3.63) is 35.4 Å². The second-order valence-corrected chi connectivity index (χ2v) is 8.53. The number of aliphatic carboxylic acids is 1. The standard InChI is InChI=1S/C22H30N2O3/c25-20(26)15-23-13-4-3-10-19(21(23)27)24-14-6-12-22(16-24)11-5-8-17-7-1-2-9-18(17)22/h1-2,7,9,19H,3-6,8,10-16H2,(H,25,26). The highest BCUT2D eigenvalue weighted by molar-refractivity contribution is 5.85. The van der Waals surface area contributed by atoms with E-state index in [1.165, 1.54) is 30.4 Å². The van der Waals surface area contributed by atoms with Gasteiger partial charge in [0.2, 0.25) is 5.91 Å². The number of piperidine rings is 1. The summed E-state index contributed by atoms with van der Waals surface area (Å²) in [4.78, 5) is 28.2. The van der Waals surface area contributed by atoms with Gasteiger partial charge in [-0.25, -0.2) is 0 Å². The maximum absolute atomic E-state index is 13.1. The van der Waals surface area contributed by atoms with Crippen molar-refractivity contribution in [3.63, 3.8) is 0 Å². The summed E-state index contributed by atoms with van der Waals surface area (Å²) in [6.45, 7) is 2.28. The van der Waals surface area contributed by atoms with Gasteiger partial charge in [-0.05, 0) is 69.0 Å². The van der Waals surface area contributed by atoms with Crippen LogP contribution >= 0.6 is 0 Å². The predicted octanol–water partition coefficient (Wildman–Crippen LogP) is 2.82. The van der Waals surface area contributed by atoms with Crippen LogP contribution in [0.1, 0.15) is 56.1 Å². The second-order valence-electron chi connectivity index (χ2n) is 8.53. The number of carboxylic acids is 1. The number of nitrogens with zero attached hydrogens (tertiary/aromatic N) is 2. The molecule has 2 unspecified atom stereocenters. The summed E-state index contributed by atoms with van der Waals surface area (Å²) < 4.78 is 0. The van der Waals surface area contributed by atoms with Crippen LogP contribution in [0.15, 0.2) is 24.3 Å². The Morgan fingerprint density at radius 2 is 1.93 bits per heavy atom. The summed E-state index contributed by atoms with van der Waals surface area (Å²) >= 11 is 0. The van der Waals surface area contributed by atoms with Gasteiger partial charge in [-0.1, -0.05) is 24.3 Å². The SMILES string of the molecule is O=C(O)CN1CCCCC(N2CCCC3(CCCc4ccccc43)C2)C1=O. The van der Waals surface area contributed by atoms with Crippen molar-refractivity contribution >= 4 is 11.9 Å². The van der Waals surface area contributed by atoms with Gasteiger partial charge in [-0.2, -0.15) is 0 Å². The van der Waals surface area contributed by atoms with E-state index in [9.17, 15) is 14.7 Å². The molecule has 27 heavy (non-hydrogen) atoms. The zero-order valence-electron chi connectivity index (χ0n) is 16.0. The first-order valence-electron chi connectivity index (χ1n) is 10.4. The Labute approximate surface area is 161 Å². The molecule has 2 aliphatic heterocycles. The number of carbonyl (C=O) groups is 2. The normalized spacial score (nSPS) is 29.4. The smallest absolute Gasteiger partial charge is 0.323 e. The Balaban J connectivity index is 1.58. The van der Waals surface area contributed by atoms with Gasteiger partial charge in [-0.15, -0.1) is 0 Å². The third kappa shape index (κ3) is 3.62. The van der Waals surface area contributed by atoms with Gasteiger partial charge < -0.3 is 10.0 Å². The number of benzene rings is 1. The zero-order chi connectivity index (χ0) is 18.9. The molecule has 3 aliphatic rings. The van der Waals surface area contributed by atoms with Crippen LogP contribution in [0.25, 0.3) is 0 Å². The molecule has 0 radical (unpaired) electrons. The van der Waals surface area contributed by atoms with Gasteiger partial charge in [0.05, 0.1) is 6.04 Å². The summed E-state index contributed by atoms with van der Waals surface area (Å²) in [5.41, 5.74) is 3.13. The Bertz CT molecular complexity index is 719. The van der Waals surface area contributed by atoms with Crippen LogP contribution in [0.4, 0.5) is 0 Å². The maximum Gasteiger partial charge on any atom is 0.323 e. The molecule has 2 saturated heterocycles. The number of hydrogen-bond acceptors (Lipinski definition) is 3. The molecule has 1 aromatic rings. The van der Waals surface area contributed by atoms with E-state index in [0.717, 1.165) is 45.2 Å². The molecular weight excluding hydrogens is 340 g/mol. The summed E-state index contributed by atoms with van der Waals surface area (Å²) in [7, 11) is 0. The molecule has 1 aliphatic carbocycles. The maximum atomic E-state index is 13.1. The van der Waals surface area contributed by atoms with Crippen LogP contribution in [0, 0.1) is 0 Å². The Kier molecular flexibility index (Phi) is 5.22. The molecule has 0 saturated carbocycles. The first kappa shape index (κ1) is 18.5. The number of amides is 1. The van der Waals surface area contributed by atoms with Crippen molar-refractivity contribution in [1.29, 1.82) is 0 Å². The number of aryl methyl sites for hydroxylation is 1. The summed E-state index contributed by atoms with van der Waals surface area (Å²) in [6.07, 6.45) is 8.62. The van der Waals surface area contributed by atoms with E-state index in [1.54, 1.807) is 4.90 Å². The number of hydrogen-bond donors (Lipinski definition) is 1. The number of carbonyl (C=O) groups excluding carboxylic acids is 1. The van der Waals surface area contributed by atoms with Crippen LogP contribution in [0.2, 0.25) is 0 Å². The molecule has 146 valence electrons. The van der Waals surface area contributed by atoms with Gasteiger partial charge in [0, 0.05) is 18.5 Å². The van der Waals surface area contributed by atoms with Crippen LogP contribution in [-0.2, 0) is 21.4 Å². The van der Waals surface area contributed by atoms with Crippen molar-refractivity contribution in [3.8, 4) is 0 Å². The molecule has 1 aromatic carbocycles. The highest BCUT2D eigenvalue weighted by Crippen LogP contribution is 2.44. The molecule has 1 N–H and O–H groups in total. The molecule has 2 atom stereocenters. The highest BCUT2D eigenvalue weighted by Gasteiger charge is 2.43. The minimum Gasteiger partial charge on any atom is -0.480 e. The number of fused-ring (bicyclic) bond motifs is 2. The van der Waals surface area contributed by atoms with E-state index >= 15 is 0 Å². The third-order valence-electron chi connectivity index (χ3n) is 6.82. The number of rotatable bonds is 3. The van der Waals surface area contributed by atoms with Gasteiger partial charge in [-0.3, -0.25) is 14.5 Å². The van der Waals surface area contributed by atoms with Crippen LogP contribution < -0.4 is 0 Å². The molecule has 4 rings (SSSR count). The van der Waals surface area contributed by atoms with Crippen molar-refractivity contribution < 1.29 is 14.7 Å². The third-order valence-corrected chi connectivity index (χ3v) is 6.82. The van der Waals surface area contributed by atoms with Crippen LogP contribution in [0.3, 0.4) is 0 Å². The van der Waals surface area contributed by atoms with E-state index < -0.39 is 5.97 Å². The van der Waals surface area contributed by atoms with Crippen LogP contribution in [-0.4, -0.2) is 59.0 Å². The quantitative estimate of drug-likeness (QED) is 0.889. The summed E-state index contributed by atoms with van der Waals surface area (Å²) in [5, 5.41) is 9.17. The average molecular weight is 370 g/mol. The van der Waals surface area contributed by atoms with Crippen molar-refractivity contribution in [1.82, 2.24) is 9.80 Å². The predicted molar refractivity (Wildman–Crippen MR) is 104 cm³/mol. The lowest BCUT2D eigenvalue weighted by Crippen LogP contribution is -2.56. The minimum atomic E-state index is -0.916. The summed E-state index contributed by atoms with van der Waals surface area (Å²) in [5.74, 6) is -0.892. The molecule has 1 amide bonds. The van der Waals surface area contributed by atoms with Crippen molar-refractivity contribution in [2.75, 3.05) is 26.2 Å². The van der Waals surface area contributed by atoms with Crippen LogP contribution in [0.5, 0.6) is 0 Å². The molecule has 0 bridgehead atoms. The first-order chi connectivity index (χ1) is 13.1. The topological polar surface area (TPSA) is 60.9 Å². The second kappa shape index (κ2) is 7.63. The van der Waals surface area contributed by atoms with E-state index in [2.05, 4.69) is 29.2 Å². The fraction of sp³-hybridized carbons (Fsp3) is 0.636. The van der Waals surface area contributed by atoms with E-state index in [0.29, 0.717) is 6.54 Å². The fourth-order valence-electron chi connectivity index (χ4n) is 5.61. The molecular formula is C22H30N2O3. The lowest BCUT2D eigenvalue weighted by Gasteiger charge is -2.48. The van der Waals surface area contributed by atoms with Gasteiger partial charge in [0.1, 0.15) is 6.54 Å². The van der Waals surface area contributed by atoms with Gasteiger partial charge >= 0.3 is 5.97 Å². The Hall–Kier alpha value is -1.88. The molecule has 5 heteroatoms. The fourth-order valence-corrected chi connectivity index (χ4v) is 5.61. The monoisotopic (exact) mass is 370 g/mol. The lowest BCUT2D eigenvalue weighted by atomic mass is 9.65. The Morgan fingerprint density at radius 1 is 1.11 bits per heavy atom. The minimum absolute atomic E-state index is 0.0241. The molecule has 5 nitrogen and oxygen atoms in total. The van der Waals surface area contributed by atoms with E-state index in [-0.39, 0.29) is 23.9 Å². The largest absolute Gasteiger partial charge is 0.480 e. The zero-order valence-corrected chi connectivity index (χ0v) is 16.0. The molecule has 2 fully saturated rings. The van der Waals surface area contributed by atoms with E-state index in [4.69, 9.17) is 0 Å². The molecule has 1 spiro atoms. The highest BCUT2D eigenvalue weighted by atomic mass is 16.4. The summed E-state index contributed by atoms with van der Waals surface area (Å²) in [6, 6.07) is 8.69. The number of carboxylic acid groups (broad SMARTS) is 1. The lowest BCUT2D eigenvalue weighted by molar-refractivity contribution is -0.147. The first-order valence-corrected chi connectivity index (χ1v) is 10.4. The molecule has 2 heterocycles. The van der Waals surface area contributed by atoms with Crippen molar-refractivity contribution in [2.45, 2.75) is 62.8 Å². The average Bonchev–Trinajstić information content (AvgIpc) is 2.84. The number of likely N-dealkylation sites (tertiary alicyclic amines) is 2. The molecule has 0 aromatic heterocycles. The van der Waals surface area contributed by atoms with Gasteiger partial charge in [0.15, 0.2) is 0 Å². The van der Waals surface area contributed by atoms with Gasteiger partial charge in [0.25, 0.3) is 0 Å². The van der Waals surface area contributed by atoms with Crippen molar-refractivity contribution in [2.24, 2.45) is 0 Å². The van der Waals surface area contributed by atoms with E-state index in [1.807, 2.05) is 0 Å².